The fraction of sp³-hybridized carbons (Fsp3) is 0.571. The predicted octanol–water partition coefficient (Wildman–Crippen LogP) is 1.34. The van der Waals surface area contributed by atoms with Crippen LogP contribution in [0.3, 0.4) is 0 Å². The van der Waals surface area contributed by atoms with E-state index in [-0.39, 0.29) is 12.2 Å². The van der Waals surface area contributed by atoms with E-state index < -0.39 is 5.97 Å². The third kappa shape index (κ3) is 5.16. The van der Waals surface area contributed by atoms with Gasteiger partial charge in [0.1, 0.15) is 11.1 Å². The maximum atomic E-state index is 11.8. The monoisotopic (exact) mass is 308 g/mol. The van der Waals surface area contributed by atoms with E-state index in [9.17, 15) is 10.1 Å². The Labute approximate surface area is 130 Å². The molecule has 0 aromatic rings. The van der Waals surface area contributed by atoms with Crippen molar-refractivity contribution in [2.24, 2.45) is 4.99 Å². The summed E-state index contributed by atoms with van der Waals surface area (Å²) < 4.78 is 4.92. The van der Waals surface area contributed by atoms with E-state index >= 15 is 0 Å². The second-order valence-electron chi connectivity index (χ2n) is 4.78. The molecule has 1 heterocycles. The van der Waals surface area contributed by atoms with Crippen LogP contribution in [-0.2, 0) is 9.53 Å². The van der Waals surface area contributed by atoms with Crippen LogP contribution in [0.4, 0.5) is 0 Å². The van der Waals surface area contributed by atoms with Gasteiger partial charge in [-0.3, -0.25) is 0 Å². The number of thiocarbonyl (C=S) groups is 1. The minimum Gasteiger partial charge on any atom is -0.462 e. The molecule has 0 radical (unpaired) electrons. The first-order valence-corrected chi connectivity index (χ1v) is 7.19. The van der Waals surface area contributed by atoms with Gasteiger partial charge in [0.25, 0.3) is 0 Å². The highest BCUT2D eigenvalue weighted by atomic mass is 32.1. The summed E-state index contributed by atoms with van der Waals surface area (Å²) in [4.78, 5) is 20.2. The zero-order valence-electron chi connectivity index (χ0n) is 12.6. The van der Waals surface area contributed by atoms with Crippen LogP contribution < -0.4 is 0 Å². The van der Waals surface area contributed by atoms with Crippen molar-refractivity contribution in [3.05, 3.63) is 11.3 Å². The lowest BCUT2D eigenvalue weighted by molar-refractivity contribution is -0.138. The molecule has 0 aromatic heterocycles. The molecule has 0 amide bonds. The average Bonchev–Trinajstić information content (AvgIpc) is 2.86. The van der Waals surface area contributed by atoms with E-state index in [1.54, 1.807) is 18.2 Å². The van der Waals surface area contributed by atoms with E-state index in [1.807, 2.05) is 25.1 Å². The van der Waals surface area contributed by atoms with Gasteiger partial charge in [0.05, 0.1) is 19.5 Å². The van der Waals surface area contributed by atoms with Crippen LogP contribution in [0.5, 0.6) is 0 Å². The second-order valence-corrected chi connectivity index (χ2v) is 5.25. The molecule has 0 saturated carbocycles. The number of aliphatic imine (C=N–C) groups is 1. The van der Waals surface area contributed by atoms with Crippen LogP contribution in [-0.4, -0.2) is 60.9 Å². The van der Waals surface area contributed by atoms with Crippen LogP contribution in [0, 0.1) is 11.3 Å². The molecule has 1 aliphatic rings. The van der Waals surface area contributed by atoms with Crippen LogP contribution in [0.25, 0.3) is 0 Å². The molecule has 1 saturated heterocycles. The maximum Gasteiger partial charge on any atom is 0.350 e. The summed E-state index contributed by atoms with van der Waals surface area (Å²) in [7, 11) is 3.73. The maximum absolute atomic E-state index is 11.8. The van der Waals surface area contributed by atoms with Gasteiger partial charge in [-0.2, -0.15) is 5.26 Å². The Morgan fingerprint density at radius 3 is 2.90 bits per heavy atom. The van der Waals surface area contributed by atoms with Crippen molar-refractivity contribution in [3.8, 4) is 6.07 Å². The topological polar surface area (TPSA) is 68.9 Å². The van der Waals surface area contributed by atoms with Crippen molar-refractivity contribution in [2.45, 2.75) is 19.8 Å². The summed E-state index contributed by atoms with van der Waals surface area (Å²) in [5.41, 5.74) is 0.784. The number of nitriles is 1. The Bertz CT molecular complexity index is 506. The number of nitrogens with zero attached hydrogens (tertiary/aromatic N) is 4. The van der Waals surface area contributed by atoms with E-state index in [0.717, 1.165) is 13.0 Å². The third-order valence-corrected chi connectivity index (χ3v) is 3.10. The number of hydrogen-bond acceptors (Lipinski definition) is 5. The molecule has 6 nitrogen and oxygen atoms in total. The Morgan fingerprint density at radius 1 is 1.62 bits per heavy atom. The van der Waals surface area contributed by atoms with Crippen molar-refractivity contribution < 1.29 is 9.53 Å². The molecular weight excluding hydrogens is 288 g/mol. The Hall–Kier alpha value is -1.94. The van der Waals surface area contributed by atoms with Crippen molar-refractivity contribution in [3.63, 3.8) is 0 Å². The van der Waals surface area contributed by atoms with Crippen molar-refractivity contribution >= 4 is 29.5 Å². The van der Waals surface area contributed by atoms with Gasteiger partial charge in [-0.25, -0.2) is 9.79 Å². The van der Waals surface area contributed by atoms with Crippen LogP contribution >= 0.6 is 12.2 Å². The molecule has 0 atom stereocenters. The Kier molecular flexibility index (Phi) is 6.82. The lowest BCUT2D eigenvalue weighted by Crippen LogP contribution is -2.26. The van der Waals surface area contributed by atoms with Gasteiger partial charge in [-0.15, -0.1) is 0 Å². The predicted molar refractivity (Wildman–Crippen MR) is 84.9 cm³/mol. The standard InChI is InChI=1S/C14H20N4O2S/c1-4-20-14(19)11(8-15)12-6-5-7-18(12)9-13(21)16-10-17(2)3/h10H,4-7,9H2,1-3H3. The summed E-state index contributed by atoms with van der Waals surface area (Å²) in [6.07, 6.45) is 3.21. The van der Waals surface area contributed by atoms with Gasteiger partial charge in [0, 0.05) is 26.3 Å². The number of likely N-dealkylation sites (tertiary alicyclic amines) is 1. The molecule has 1 rings (SSSR count). The molecule has 0 aromatic carbocycles. The van der Waals surface area contributed by atoms with Gasteiger partial charge in [0.2, 0.25) is 0 Å². The minimum absolute atomic E-state index is 0.0775. The molecule has 21 heavy (non-hydrogen) atoms. The highest BCUT2D eigenvalue weighted by molar-refractivity contribution is 7.80. The Balaban J connectivity index is 2.85. The normalized spacial score (nSPS) is 16.8. The van der Waals surface area contributed by atoms with Crippen LogP contribution in [0.1, 0.15) is 19.8 Å². The summed E-state index contributed by atoms with van der Waals surface area (Å²) >= 11 is 5.21. The molecule has 1 aliphatic heterocycles. The van der Waals surface area contributed by atoms with Gasteiger partial charge in [-0.1, -0.05) is 12.2 Å². The fourth-order valence-corrected chi connectivity index (χ4v) is 2.21. The van der Waals surface area contributed by atoms with E-state index in [1.165, 1.54) is 0 Å². The SMILES string of the molecule is CCOC(=O)C(C#N)=C1CCCN1CC(=S)N=CN(C)C. The zero-order chi connectivity index (χ0) is 15.8. The van der Waals surface area contributed by atoms with Gasteiger partial charge >= 0.3 is 5.97 Å². The summed E-state index contributed by atoms with van der Waals surface area (Å²) in [5, 5.41) is 9.21. The second kappa shape index (κ2) is 8.37. The zero-order valence-corrected chi connectivity index (χ0v) is 13.4. The minimum atomic E-state index is -0.565. The number of allylic oxidation sites excluding steroid dienone is 1. The first-order valence-electron chi connectivity index (χ1n) is 6.78. The van der Waals surface area contributed by atoms with Crippen molar-refractivity contribution in [1.29, 1.82) is 5.26 Å². The highest BCUT2D eigenvalue weighted by Gasteiger charge is 2.26. The highest BCUT2D eigenvalue weighted by Crippen LogP contribution is 2.24. The summed E-state index contributed by atoms with van der Waals surface area (Å²) in [5.74, 6) is -0.565. The summed E-state index contributed by atoms with van der Waals surface area (Å²) in [6, 6.07) is 1.96. The van der Waals surface area contributed by atoms with Gasteiger partial charge in [0.15, 0.2) is 5.57 Å². The van der Waals surface area contributed by atoms with Crippen LogP contribution in [0.2, 0.25) is 0 Å². The largest absolute Gasteiger partial charge is 0.462 e. The molecule has 0 bridgehead atoms. The average molecular weight is 308 g/mol. The number of carbonyl (C=O) groups is 1. The Morgan fingerprint density at radius 2 is 2.33 bits per heavy atom. The molecular formula is C14H20N4O2S. The molecule has 0 spiro atoms. The molecule has 1 fully saturated rings. The van der Waals surface area contributed by atoms with Crippen molar-refractivity contribution in [2.75, 3.05) is 33.8 Å². The quantitative estimate of drug-likeness (QED) is 0.191. The lowest BCUT2D eigenvalue weighted by Gasteiger charge is -2.20. The lowest BCUT2D eigenvalue weighted by atomic mass is 10.2. The molecule has 0 N–H and O–H groups in total. The van der Waals surface area contributed by atoms with E-state index in [2.05, 4.69) is 4.99 Å². The van der Waals surface area contributed by atoms with E-state index in [0.29, 0.717) is 23.7 Å². The van der Waals surface area contributed by atoms with E-state index in [4.69, 9.17) is 17.0 Å². The number of hydrogen-bond donors (Lipinski definition) is 0. The molecule has 0 aliphatic carbocycles. The first-order chi connectivity index (χ1) is 9.99. The molecule has 114 valence electrons. The number of ether oxygens (including phenoxy) is 1. The smallest absolute Gasteiger partial charge is 0.350 e. The number of carbonyl (C=O) groups excluding carboxylic acids is 1. The first kappa shape index (κ1) is 17.1. The molecule has 7 heteroatoms. The fourth-order valence-electron chi connectivity index (χ4n) is 2.00. The summed E-state index contributed by atoms with van der Waals surface area (Å²) in [6.45, 7) is 3.16. The molecule has 0 unspecified atom stereocenters. The van der Waals surface area contributed by atoms with Gasteiger partial charge < -0.3 is 14.5 Å². The third-order valence-electron chi connectivity index (χ3n) is 2.86. The number of esters is 1. The number of rotatable bonds is 5. The van der Waals surface area contributed by atoms with Crippen LogP contribution in [0.15, 0.2) is 16.3 Å². The van der Waals surface area contributed by atoms with Gasteiger partial charge in [-0.05, 0) is 19.8 Å². The van der Waals surface area contributed by atoms with Crippen molar-refractivity contribution in [1.82, 2.24) is 9.80 Å².